The van der Waals surface area contributed by atoms with E-state index in [1.54, 1.807) is 0 Å². The van der Waals surface area contributed by atoms with Gasteiger partial charge in [-0.25, -0.2) is 0 Å². The maximum Gasteiger partial charge on any atom is 0.119 e. The van der Waals surface area contributed by atoms with E-state index in [-0.39, 0.29) is 6.61 Å². The predicted molar refractivity (Wildman–Crippen MR) is 75.1 cm³/mol. The molecule has 3 N–H and O–H groups in total. The quantitative estimate of drug-likeness (QED) is 0.807. The van der Waals surface area contributed by atoms with Crippen LogP contribution >= 0.6 is 0 Å². The van der Waals surface area contributed by atoms with Crippen LogP contribution in [0.15, 0.2) is 24.3 Å². The van der Waals surface area contributed by atoms with Gasteiger partial charge in [-0.2, -0.15) is 0 Å². The van der Waals surface area contributed by atoms with Crippen molar-refractivity contribution in [2.24, 2.45) is 5.92 Å². The highest BCUT2D eigenvalue weighted by Gasteiger charge is 2.41. The molecule has 0 aromatic heterocycles. The van der Waals surface area contributed by atoms with E-state index in [1.807, 2.05) is 24.3 Å². The van der Waals surface area contributed by atoms with Gasteiger partial charge in [-0.1, -0.05) is 0 Å². The van der Waals surface area contributed by atoms with Crippen molar-refractivity contribution in [3.63, 3.8) is 0 Å². The van der Waals surface area contributed by atoms with Crippen LogP contribution in [-0.2, 0) is 0 Å². The van der Waals surface area contributed by atoms with E-state index < -0.39 is 0 Å². The maximum atomic E-state index is 9.09. The third kappa shape index (κ3) is 2.69. The van der Waals surface area contributed by atoms with E-state index in [2.05, 4.69) is 4.90 Å². The lowest BCUT2D eigenvalue weighted by atomic mass is 9.87. The number of aliphatic hydroxyl groups is 1. The predicted octanol–water partition coefficient (Wildman–Crippen LogP) is 1.49. The van der Waals surface area contributed by atoms with E-state index in [9.17, 15) is 0 Å². The molecule has 1 aromatic rings. The fourth-order valence-corrected chi connectivity index (χ4v) is 3.46. The van der Waals surface area contributed by atoms with Crippen molar-refractivity contribution in [3.8, 4) is 5.75 Å². The zero-order valence-electron chi connectivity index (χ0n) is 11.2. The molecule has 2 fully saturated rings. The molecule has 19 heavy (non-hydrogen) atoms. The highest BCUT2D eigenvalue weighted by molar-refractivity contribution is 5.41. The minimum Gasteiger partial charge on any atom is -0.490 e. The van der Waals surface area contributed by atoms with E-state index in [0.717, 1.165) is 30.9 Å². The molecule has 4 nitrogen and oxygen atoms in total. The van der Waals surface area contributed by atoms with Crippen LogP contribution < -0.4 is 10.5 Å². The molecule has 2 aliphatic rings. The number of ether oxygens (including phenoxy) is 1. The van der Waals surface area contributed by atoms with Gasteiger partial charge < -0.3 is 15.6 Å². The first-order valence-corrected chi connectivity index (χ1v) is 7.13. The molecule has 3 atom stereocenters. The van der Waals surface area contributed by atoms with Gasteiger partial charge in [0.25, 0.3) is 0 Å². The Hall–Kier alpha value is -1.26. The Bertz CT molecular complexity index is 421. The second-order valence-electron chi connectivity index (χ2n) is 5.67. The maximum absolute atomic E-state index is 9.09. The van der Waals surface area contributed by atoms with Gasteiger partial charge in [-0.3, -0.25) is 4.90 Å². The molecular weight excluding hydrogens is 240 g/mol. The Morgan fingerprint density at radius 3 is 2.79 bits per heavy atom. The van der Waals surface area contributed by atoms with E-state index >= 15 is 0 Å². The molecular formula is C15H22N2O2. The van der Waals surface area contributed by atoms with Crippen LogP contribution in [0.25, 0.3) is 0 Å². The van der Waals surface area contributed by atoms with Crippen molar-refractivity contribution < 1.29 is 9.84 Å². The van der Waals surface area contributed by atoms with Gasteiger partial charge in [-0.15, -0.1) is 0 Å². The van der Waals surface area contributed by atoms with Gasteiger partial charge in [0.2, 0.25) is 0 Å². The van der Waals surface area contributed by atoms with Crippen LogP contribution in [0.4, 0.5) is 5.69 Å². The number of β-amino-alcohol motifs (C(OH)–C–C–N with tert-alkyl or cyclic N) is 1. The summed E-state index contributed by atoms with van der Waals surface area (Å²) in [5.41, 5.74) is 6.46. The summed E-state index contributed by atoms with van der Waals surface area (Å²) in [6.45, 7) is 2.12. The molecule has 4 heteroatoms. The zero-order valence-corrected chi connectivity index (χ0v) is 11.2. The number of hydrogen-bond donors (Lipinski definition) is 2. The number of nitrogens with zero attached hydrogens (tertiary/aromatic N) is 1. The number of rotatable bonds is 4. The standard InChI is InChI=1S/C15H22N2O2/c16-12-1-4-14(5-2-12)19-15-6-3-13-9-11(15)10-17(13)7-8-18/h1-2,4-5,11,13,15,18H,3,6-10,16H2. The summed E-state index contributed by atoms with van der Waals surface area (Å²) in [4.78, 5) is 2.41. The van der Waals surface area contributed by atoms with E-state index in [4.69, 9.17) is 15.6 Å². The molecule has 104 valence electrons. The lowest BCUT2D eigenvalue weighted by Crippen LogP contribution is -2.32. The average Bonchev–Trinajstić information content (AvgIpc) is 2.74. The summed E-state index contributed by atoms with van der Waals surface area (Å²) in [6.07, 6.45) is 3.81. The van der Waals surface area contributed by atoms with Crippen LogP contribution in [0.3, 0.4) is 0 Å². The van der Waals surface area contributed by atoms with Gasteiger partial charge in [0.05, 0.1) is 6.61 Å². The third-order valence-corrected chi connectivity index (χ3v) is 4.43. The van der Waals surface area contributed by atoms with Crippen molar-refractivity contribution in [2.45, 2.75) is 31.4 Å². The van der Waals surface area contributed by atoms with Crippen molar-refractivity contribution in [1.29, 1.82) is 0 Å². The summed E-state index contributed by atoms with van der Waals surface area (Å²) < 4.78 is 6.12. The molecule has 1 heterocycles. The Kier molecular flexibility index (Phi) is 3.62. The molecule has 1 aromatic carbocycles. The van der Waals surface area contributed by atoms with Crippen LogP contribution in [0.2, 0.25) is 0 Å². The molecule has 2 bridgehead atoms. The second kappa shape index (κ2) is 5.39. The molecule has 3 rings (SSSR count). The Labute approximate surface area is 114 Å². The van der Waals surface area contributed by atoms with Gasteiger partial charge in [0.15, 0.2) is 0 Å². The summed E-state index contributed by atoms with van der Waals surface area (Å²) in [5, 5.41) is 9.09. The molecule has 0 radical (unpaired) electrons. The van der Waals surface area contributed by atoms with Crippen LogP contribution in [0.5, 0.6) is 5.75 Å². The van der Waals surface area contributed by atoms with Crippen molar-refractivity contribution in [2.75, 3.05) is 25.4 Å². The first-order valence-electron chi connectivity index (χ1n) is 7.13. The van der Waals surface area contributed by atoms with Gasteiger partial charge in [0.1, 0.15) is 11.9 Å². The second-order valence-corrected chi connectivity index (χ2v) is 5.67. The van der Waals surface area contributed by atoms with E-state index in [0.29, 0.717) is 18.1 Å². The molecule has 1 saturated carbocycles. The first kappa shape index (κ1) is 12.8. The lowest BCUT2D eigenvalue weighted by molar-refractivity contribution is 0.113. The SMILES string of the molecule is Nc1ccc(OC2CCC3CC2CN3CCO)cc1. The number of aliphatic hydroxyl groups excluding tert-OH is 1. The molecule has 1 aliphatic heterocycles. The zero-order chi connectivity index (χ0) is 13.2. The molecule has 1 aliphatic carbocycles. The van der Waals surface area contributed by atoms with Crippen molar-refractivity contribution >= 4 is 5.69 Å². The van der Waals surface area contributed by atoms with Crippen LogP contribution in [0, 0.1) is 5.92 Å². The molecule has 0 amide bonds. The number of fused-ring (bicyclic) bond motifs is 2. The van der Waals surface area contributed by atoms with Gasteiger partial charge in [0, 0.05) is 30.7 Å². The molecule has 3 unspecified atom stereocenters. The number of hydrogen-bond acceptors (Lipinski definition) is 4. The summed E-state index contributed by atoms with van der Waals surface area (Å²) in [5.74, 6) is 1.51. The molecule has 1 saturated heterocycles. The Morgan fingerprint density at radius 2 is 2.05 bits per heavy atom. The normalized spacial score (nSPS) is 30.5. The monoisotopic (exact) mass is 262 g/mol. The topological polar surface area (TPSA) is 58.7 Å². The minimum atomic E-state index is 0.257. The largest absolute Gasteiger partial charge is 0.490 e. The van der Waals surface area contributed by atoms with Gasteiger partial charge >= 0.3 is 0 Å². The van der Waals surface area contributed by atoms with E-state index in [1.165, 1.54) is 12.8 Å². The number of benzene rings is 1. The Morgan fingerprint density at radius 1 is 1.26 bits per heavy atom. The fourth-order valence-electron chi connectivity index (χ4n) is 3.46. The number of nitrogens with two attached hydrogens (primary N) is 1. The summed E-state index contributed by atoms with van der Waals surface area (Å²) in [7, 11) is 0. The smallest absolute Gasteiger partial charge is 0.119 e. The third-order valence-electron chi connectivity index (χ3n) is 4.43. The number of likely N-dealkylation sites (tertiary alicyclic amines) is 1. The number of nitrogen functional groups attached to an aromatic ring is 1. The Balaban J connectivity index is 1.62. The lowest BCUT2D eigenvalue weighted by Gasteiger charge is -2.29. The van der Waals surface area contributed by atoms with Crippen molar-refractivity contribution in [1.82, 2.24) is 4.90 Å². The minimum absolute atomic E-state index is 0.257. The number of anilines is 1. The van der Waals surface area contributed by atoms with Crippen molar-refractivity contribution in [3.05, 3.63) is 24.3 Å². The summed E-state index contributed by atoms with van der Waals surface area (Å²) in [6, 6.07) is 8.31. The highest BCUT2D eigenvalue weighted by Crippen LogP contribution is 2.37. The van der Waals surface area contributed by atoms with Crippen LogP contribution in [0.1, 0.15) is 19.3 Å². The fraction of sp³-hybridized carbons (Fsp3) is 0.600. The average molecular weight is 262 g/mol. The summed E-state index contributed by atoms with van der Waals surface area (Å²) >= 11 is 0. The highest BCUT2D eigenvalue weighted by atomic mass is 16.5. The molecule has 0 spiro atoms. The first-order chi connectivity index (χ1) is 9.26. The van der Waals surface area contributed by atoms with Crippen LogP contribution in [-0.4, -0.2) is 41.8 Å². The van der Waals surface area contributed by atoms with Gasteiger partial charge in [-0.05, 0) is 43.5 Å².